The first kappa shape index (κ1) is 31.9. The van der Waals surface area contributed by atoms with Crippen molar-refractivity contribution in [1.82, 2.24) is 19.5 Å². The Bertz CT molecular complexity index is 3020. The van der Waals surface area contributed by atoms with Crippen LogP contribution in [0.1, 0.15) is 0 Å². The third-order valence-electron chi connectivity index (χ3n) is 10.7. The maximum atomic E-state index is 6.51. The predicted molar refractivity (Wildman–Crippen MR) is 227 cm³/mol. The van der Waals surface area contributed by atoms with Gasteiger partial charge in [0.05, 0.1) is 11.0 Å². The maximum Gasteiger partial charge on any atom is 0.164 e. The van der Waals surface area contributed by atoms with E-state index in [1.807, 2.05) is 72.8 Å². The lowest BCUT2D eigenvalue weighted by Crippen LogP contribution is -2.00. The first-order chi connectivity index (χ1) is 27.7. The van der Waals surface area contributed by atoms with E-state index in [0.717, 1.165) is 67.2 Å². The second-order valence-corrected chi connectivity index (χ2v) is 14.0. The zero-order valence-electron chi connectivity index (χ0n) is 30.2. The standard InChI is InChI=1S/C51H32N4O/c1-3-13-35(14-4-1)49-52-50(36-15-5-2-6-16-36)54-51(53-49)37-25-23-33(24-26-37)34-27-29-38(30-28-34)55-45-20-10-7-17-39(45)44-31-42-40-18-8-11-21-47(40)56-48-22-12-9-19-41(48)43(42)32-46(44)55/h1-32H. The molecular weight excluding hydrogens is 685 g/mol. The summed E-state index contributed by atoms with van der Waals surface area (Å²) in [6.45, 7) is 0. The molecule has 1 aliphatic heterocycles. The molecule has 0 saturated heterocycles. The largest absolute Gasteiger partial charge is 0.456 e. The molecule has 0 unspecified atom stereocenters. The lowest BCUT2D eigenvalue weighted by atomic mass is 9.92. The van der Waals surface area contributed by atoms with Crippen molar-refractivity contribution >= 4 is 21.8 Å². The highest BCUT2D eigenvalue weighted by molar-refractivity contribution is 6.13. The maximum absolute atomic E-state index is 6.51. The van der Waals surface area contributed by atoms with Crippen LogP contribution in [0.25, 0.3) is 95.0 Å². The normalized spacial score (nSPS) is 11.7. The molecule has 56 heavy (non-hydrogen) atoms. The van der Waals surface area contributed by atoms with Gasteiger partial charge in [0, 0.05) is 44.3 Å². The second kappa shape index (κ2) is 13.0. The van der Waals surface area contributed by atoms with E-state index in [1.165, 1.54) is 21.9 Å². The van der Waals surface area contributed by atoms with Crippen LogP contribution in [0.3, 0.4) is 0 Å². The van der Waals surface area contributed by atoms with Crippen LogP contribution in [0.15, 0.2) is 194 Å². The summed E-state index contributed by atoms with van der Waals surface area (Å²) in [5, 5.41) is 2.42. The van der Waals surface area contributed by atoms with E-state index in [1.54, 1.807) is 0 Å². The zero-order valence-corrected chi connectivity index (χ0v) is 30.2. The Kier molecular flexibility index (Phi) is 7.42. The molecule has 0 bridgehead atoms. The molecule has 5 nitrogen and oxygen atoms in total. The summed E-state index contributed by atoms with van der Waals surface area (Å²) in [5.74, 6) is 3.67. The number of benzene rings is 8. The average Bonchev–Trinajstić information content (AvgIpc) is 3.52. The molecule has 2 aromatic heterocycles. The topological polar surface area (TPSA) is 52.8 Å². The third kappa shape index (κ3) is 5.37. The Morgan fingerprint density at radius 1 is 0.321 bits per heavy atom. The Morgan fingerprint density at radius 2 is 0.768 bits per heavy atom. The van der Waals surface area contributed by atoms with Crippen molar-refractivity contribution in [3.63, 3.8) is 0 Å². The van der Waals surface area contributed by atoms with E-state index in [-0.39, 0.29) is 0 Å². The van der Waals surface area contributed by atoms with E-state index in [4.69, 9.17) is 19.7 Å². The van der Waals surface area contributed by atoms with Gasteiger partial charge in [-0.05, 0) is 64.7 Å². The number of ether oxygens (including phenoxy) is 1. The van der Waals surface area contributed by atoms with Crippen molar-refractivity contribution in [2.45, 2.75) is 0 Å². The molecule has 0 fully saturated rings. The Morgan fingerprint density at radius 3 is 1.36 bits per heavy atom. The van der Waals surface area contributed by atoms with Crippen LogP contribution in [0.4, 0.5) is 0 Å². The molecule has 5 heteroatoms. The molecule has 0 N–H and O–H groups in total. The minimum Gasteiger partial charge on any atom is -0.456 e. The van der Waals surface area contributed by atoms with Crippen LogP contribution in [-0.4, -0.2) is 19.5 Å². The van der Waals surface area contributed by atoms with Crippen molar-refractivity contribution in [3.05, 3.63) is 194 Å². The first-order valence-corrected chi connectivity index (χ1v) is 18.8. The summed E-state index contributed by atoms with van der Waals surface area (Å²) in [7, 11) is 0. The van der Waals surface area contributed by atoms with Gasteiger partial charge in [0.15, 0.2) is 17.5 Å². The highest BCUT2D eigenvalue weighted by Gasteiger charge is 2.23. The molecule has 3 heterocycles. The van der Waals surface area contributed by atoms with Crippen LogP contribution in [-0.2, 0) is 0 Å². The fourth-order valence-corrected chi connectivity index (χ4v) is 7.97. The van der Waals surface area contributed by atoms with Gasteiger partial charge < -0.3 is 9.30 Å². The summed E-state index contributed by atoms with van der Waals surface area (Å²) in [4.78, 5) is 14.7. The van der Waals surface area contributed by atoms with Gasteiger partial charge in [0.25, 0.3) is 0 Å². The number of fused-ring (bicyclic) bond motifs is 8. The van der Waals surface area contributed by atoms with Gasteiger partial charge >= 0.3 is 0 Å². The SMILES string of the molecule is c1ccc(-c2nc(-c3ccccc3)nc(-c3ccc(-c4ccc(-n5c6ccccc6c6cc7c(cc65)-c5ccccc5Oc5ccccc5-7)cc4)cc3)n2)cc1. The minimum atomic E-state index is 0.640. The highest BCUT2D eigenvalue weighted by Crippen LogP contribution is 2.49. The smallest absolute Gasteiger partial charge is 0.164 e. The predicted octanol–water partition coefficient (Wildman–Crippen LogP) is 13.1. The molecule has 10 aromatic rings. The molecule has 0 saturated carbocycles. The first-order valence-electron chi connectivity index (χ1n) is 18.8. The molecule has 0 atom stereocenters. The number of para-hydroxylation sites is 3. The molecule has 11 rings (SSSR count). The number of nitrogens with zero attached hydrogens (tertiary/aromatic N) is 4. The molecule has 0 aliphatic carbocycles. The van der Waals surface area contributed by atoms with E-state index in [0.29, 0.717) is 17.5 Å². The number of hydrogen-bond donors (Lipinski definition) is 0. The van der Waals surface area contributed by atoms with Gasteiger partial charge in [-0.15, -0.1) is 0 Å². The second-order valence-electron chi connectivity index (χ2n) is 14.0. The summed E-state index contributed by atoms with van der Waals surface area (Å²) in [6, 6.07) is 67.5. The lowest BCUT2D eigenvalue weighted by Gasteiger charge is -2.13. The highest BCUT2D eigenvalue weighted by atomic mass is 16.5. The summed E-state index contributed by atoms with van der Waals surface area (Å²) >= 11 is 0. The zero-order chi connectivity index (χ0) is 37.0. The van der Waals surface area contributed by atoms with Crippen LogP contribution < -0.4 is 4.74 Å². The molecule has 0 amide bonds. The average molecular weight is 717 g/mol. The summed E-state index contributed by atoms with van der Waals surface area (Å²) in [5.41, 5.74) is 13.0. The van der Waals surface area contributed by atoms with Gasteiger partial charge in [-0.1, -0.05) is 152 Å². The molecule has 0 radical (unpaired) electrons. The lowest BCUT2D eigenvalue weighted by molar-refractivity contribution is 0.488. The Balaban J connectivity index is 0.985. The van der Waals surface area contributed by atoms with Gasteiger partial charge in [-0.2, -0.15) is 0 Å². The van der Waals surface area contributed by atoms with Crippen LogP contribution in [0.2, 0.25) is 0 Å². The quantitative estimate of drug-likeness (QED) is 0.178. The molecule has 0 spiro atoms. The number of hydrogen-bond acceptors (Lipinski definition) is 4. The molecule has 262 valence electrons. The molecule has 8 aromatic carbocycles. The van der Waals surface area contributed by atoms with Gasteiger partial charge in [0.1, 0.15) is 11.5 Å². The third-order valence-corrected chi connectivity index (χ3v) is 10.7. The number of rotatable bonds is 5. The van der Waals surface area contributed by atoms with Crippen LogP contribution in [0.5, 0.6) is 11.5 Å². The van der Waals surface area contributed by atoms with Gasteiger partial charge in [0.2, 0.25) is 0 Å². The molecule has 1 aliphatic rings. The van der Waals surface area contributed by atoms with E-state index >= 15 is 0 Å². The van der Waals surface area contributed by atoms with Gasteiger partial charge in [-0.25, -0.2) is 15.0 Å². The van der Waals surface area contributed by atoms with Crippen LogP contribution >= 0.6 is 0 Å². The molecular formula is C51H32N4O. The van der Waals surface area contributed by atoms with Crippen molar-refractivity contribution in [3.8, 4) is 84.7 Å². The summed E-state index contributed by atoms with van der Waals surface area (Å²) in [6.07, 6.45) is 0. The van der Waals surface area contributed by atoms with E-state index in [9.17, 15) is 0 Å². The number of aromatic nitrogens is 4. The fraction of sp³-hybridized carbons (Fsp3) is 0. The van der Waals surface area contributed by atoms with Crippen molar-refractivity contribution in [2.24, 2.45) is 0 Å². The minimum absolute atomic E-state index is 0.640. The van der Waals surface area contributed by atoms with E-state index in [2.05, 4.69) is 126 Å². The van der Waals surface area contributed by atoms with Gasteiger partial charge in [-0.3, -0.25) is 0 Å². The monoisotopic (exact) mass is 716 g/mol. The summed E-state index contributed by atoms with van der Waals surface area (Å²) < 4.78 is 8.89. The van der Waals surface area contributed by atoms with Crippen molar-refractivity contribution in [2.75, 3.05) is 0 Å². The van der Waals surface area contributed by atoms with Crippen LogP contribution in [0, 0.1) is 0 Å². The van der Waals surface area contributed by atoms with Crippen molar-refractivity contribution < 1.29 is 4.74 Å². The van der Waals surface area contributed by atoms with Crippen molar-refractivity contribution in [1.29, 1.82) is 0 Å². The Hall–Kier alpha value is -7.63. The Labute approximate surface area is 323 Å². The fourth-order valence-electron chi connectivity index (χ4n) is 7.97. The van der Waals surface area contributed by atoms with E-state index < -0.39 is 0 Å².